The average molecular weight is 411 g/mol. The van der Waals surface area contributed by atoms with Crippen LogP contribution in [0.4, 0.5) is 30.2 Å². The third kappa shape index (κ3) is 6.19. The number of nitro groups is 1. The lowest BCUT2D eigenvalue weighted by atomic mass is 10.1. The monoisotopic (exact) mass is 411 g/mol. The summed E-state index contributed by atoms with van der Waals surface area (Å²) in [6, 6.07) is 9.14. The molecule has 0 aliphatic carbocycles. The smallest absolute Gasteiger partial charge is 0.416 e. The Labute approximate surface area is 162 Å². The summed E-state index contributed by atoms with van der Waals surface area (Å²) >= 11 is 0. The summed E-state index contributed by atoms with van der Waals surface area (Å²) in [5, 5.41) is 16.0. The van der Waals surface area contributed by atoms with Crippen LogP contribution in [-0.2, 0) is 20.5 Å². The number of benzene rings is 2. The molecule has 2 aromatic carbocycles. The Kier molecular flexibility index (Phi) is 6.75. The molecular weight excluding hydrogens is 395 g/mol. The number of carbonyl (C=O) groups is 2. The van der Waals surface area contributed by atoms with Crippen LogP contribution in [0.1, 0.15) is 12.5 Å². The van der Waals surface area contributed by atoms with E-state index < -0.39 is 46.9 Å². The van der Waals surface area contributed by atoms with Crippen molar-refractivity contribution in [3.05, 3.63) is 64.2 Å². The zero-order valence-electron chi connectivity index (χ0n) is 15.0. The van der Waals surface area contributed by atoms with Gasteiger partial charge < -0.3 is 15.4 Å². The maximum Gasteiger partial charge on any atom is 0.416 e. The van der Waals surface area contributed by atoms with E-state index in [-0.39, 0.29) is 5.69 Å². The van der Waals surface area contributed by atoms with E-state index >= 15 is 0 Å². The molecule has 0 aromatic heterocycles. The topological polar surface area (TPSA) is 111 Å². The van der Waals surface area contributed by atoms with Crippen LogP contribution >= 0.6 is 0 Å². The summed E-state index contributed by atoms with van der Waals surface area (Å²) in [7, 11) is 0. The third-order valence-corrected chi connectivity index (χ3v) is 3.65. The van der Waals surface area contributed by atoms with E-state index in [1.807, 2.05) is 0 Å². The second kappa shape index (κ2) is 9.04. The minimum absolute atomic E-state index is 0.291. The predicted molar refractivity (Wildman–Crippen MR) is 97.2 cm³/mol. The Morgan fingerprint density at radius 1 is 1.17 bits per heavy atom. The molecule has 0 saturated heterocycles. The molecule has 0 fully saturated rings. The molecule has 1 amide bonds. The Balaban J connectivity index is 1.98. The van der Waals surface area contributed by atoms with Crippen molar-refractivity contribution in [2.75, 3.05) is 17.2 Å². The summed E-state index contributed by atoms with van der Waals surface area (Å²) in [4.78, 5) is 33.8. The Morgan fingerprint density at radius 3 is 2.41 bits per heavy atom. The summed E-state index contributed by atoms with van der Waals surface area (Å²) in [5.41, 5.74) is -1.83. The number of amides is 1. The summed E-state index contributed by atoms with van der Waals surface area (Å²) in [6.07, 6.45) is -4.75. The lowest BCUT2D eigenvalue weighted by Crippen LogP contribution is -2.31. The fourth-order valence-electron chi connectivity index (χ4n) is 2.25. The first-order chi connectivity index (χ1) is 13.6. The molecule has 2 N–H and O–H groups in total. The van der Waals surface area contributed by atoms with Crippen molar-refractivity contribution in [3.8, 4) is 0 Å². The number of anilines is 2. The van der Waals surface area contributed by atoms with E-state index in [1.165, 1.54) is 6.92 Å². The number of rotatable bonds is 7. The zero-order valence-corrected chi connectivity index (χ0v) is 15.0. The molecule has 11 heteroatoms. The SMILES string of the molecule is CC(Nc1ccc(C(F)(F)F)cc1[N+](=O)[O-])C(=O)OCC(=O)Nc1ccccc1. The zero-order chi connectivity index (χ0) is 21.6. The van der Waals surface area contributed by atoms with Gasteiger partial charge in [0, 0.05) is 11.8 Å². The fraction of sp³-hybridized carbons (Fsp3) is 0.222. The molecule has 1 unspecified atom stereocenters. The normalized spacial score (nSPS) is 12.0. The maximum absolute atomic E-state index is 12.7. The van der Waals surface area contributed by atoms with Gasteiger partial charge in [0.2, 0.25) is 0 Å². The number of carbonyl (C=O) groups excluding carboxylic acids is 2. The van der Waals surface area contributed by atoms with Gasteiger partial charge in [0.15, 0.2) is 6.61 Å². The third-order valence-electron chi connectivity index (χ3n) is 3.65. The van der Waals surface area contributed by atoms with Gasteiger partial charge in [0.25, 0.3) is 11.6 Å². The van der Waals surface area contributed by atoms with Gasteiger partial charge in [-0.2, -0.15) is 13.2 Å². The molecule has 0 aliphatic rings. The second-order valence-electron chi connectivity index (χ2n) is 5.87. The van der Waals surface area contributed by atoms with Gasteiger partial charge in [-0.1, -0.05) is 18.2 Å². The first-order valence-corrected chi connectivity index (χ1v) is 8.21. The highest BCUT2D eigenvalue weighted by atomic mass is 19.4. The number of hydrogen-bond donors (Lipinski definition) is 2. The van der Waals surface area contributed by atoms with Crippen LogP contribution in [0.2, 0.25) is 0 Å². The van der Waals surface area contributed by atoms with E-state index in [4.69, 9.17) is 4.74 Å². The van der Waals surface area contributed by atoms with Crippen molar-refractivity contribution in [1.29, 1.82) is 0 Å². The number of alkyl halides is 3. The van der Waals surface area contributed by atoms with Crippen LogP contribution in [0.3, 0.4) is 0 Å². The van der Waals surface area contributed by atoms with Gasteiger partial charge in [-0.15, -0.1) is 0 Å². The predicted octanol–water partition coefficient (Wildman–Crippen LogP) is 3.60. The Hall–Kier alpha value is -3.63. The number of nitrogens with one attached hydrogen (secondary N) is 2. The van der Waals surface area contributed by atoms with Crippen molar-refractivity contribution < 1.29 is 32.4 Å². The number of para-hydroxylation sites is 1. The van der Waals surface area contributed by atoms with E-state index in [0.717, 1.165) is 6.07 Å². The molecule has 154 valence electrons. The van der Waals surface area contributed by atoms with E-state index in [2.05, 4.69) is 10.6 Å². The lowest BCUT2D eigenvalue weighted by Gasteiger charge is -2.15. The first-order valence-electron chi connectivity index (χ1n) is 8.21. The summed E-state index contributed by atoms with van der Waals surface area (Å²) in [5.74, 6) is -1.51. The van der Waals surface area contributed by atoms with Crippen LogP contribution in [0, 0.1) is 10.1 Å². The van der Waals surface area contributed by atoms with Gasteiger partial charge in [-0.05, 0) is 31.2 Å². The molecule has 0 bridgehead atoms. The largest absolute Gasteiger partial charge is 0.454 e. The fourth-order valence-corrected chi connectivity index (χ4v) is 2.25. The number of halogens is 3. The van der Waals surface area contributed by atoms with Crippen molar-refractivity contribution >= 4 is 28.9 Å². The van der Waals surface area contributed by atoms with Gasteiger partial charge in [-0.3, -0.25) is 14.9 Å². The lowest BCUT2D eigenvalue weighted by molar-refractivity contribution is -0.384. The minimum Gasteiger partial charge on any atom is -0.454 e. The van der Waals surface area contributed by atoms with Gasteiger partial charge in [0.1, 0.15) is 11.7 Å². The summed E-state index contributed by atoms with van der Waals surface area (Å²) < 4.78 is 43.0. The molecule has 1 atom stereocenters. The highest BCUT2D eigenvalue weighted by molar-refractivity contribution is 5.93. The van der Waals surface area contributed by atoms with E-state index in [0.29, 0.717) is 17.8 Å². The molecular formula is C18H16F3N3O5. The van der Waals surface area contributed by atoms with Crippen LogP contribution in [0.15, 0.2) is 48.5 Å². The standard InChI is InChI=1S/C18H16F3N3O5/c1-11(17(26)29-10-16(25)23-13-5-3-2-4-6-13)22-14-8-7-12(18(19,20)21)9-15(14)24(27)28/h2-9,11,22H,10H2,1H3,(H,23,25). The van der Waals surface area contributed by atoms with Crippen LogP contribution in [0.5, 0.6) is 0 Å². The van der Waals surface area contributed by atoms with E-state index in [9.17, 15) is 32.9 Å². The maximum atomic E-state index is 12.7. The molecule has 0 radical (unpaired) electrons. The molecule has 8 nitrogen and oxygen atoms in total. The summed E-state index contributed by atoms with van der Waals surface area (Å²) in [6.45, 7) is 0.688. The molecule has 29 heavy (non-hydrogen) atoms. The van der Waals surface area contributed by atoms with Crippen molar-refractivity contribution in [2.45, 2.75) is 19.1 Å². The van der Waals surface area contributed by atoms with Crippen molar-refractivity contribution in [2.24, 2.45) is 0 Å². The molecule has 0 heterocycles. The number of nitrogens with zero attached hydrogens (tertiary/aromatic N) is 1. The minimum atomic E-state index is -4.75. The van der Waals surface area contributed by atoms with Gasteiger partial charge >= 0.3 is 12.1 Å². The highest BCUT2D eigenvalue weighted by Gasteiger charge is 2.33. The quantitative estimate of drug-likeness (QED) is 0.409. The second-order valence-corrected chi connectivity index (χ2v) is 5.87. The molecule has 0 saturated carbocycles. The van der Waals surface area contributed by atoms with Crippen LogP contribution in [-0.4, -0.2) is 29.4 Å². The molecule has 0 aliphatic heterocycles. The number of ether oxygens (including phenoxy) is 1. The average Bonchev–Trinajstić information content (AvgIpc) is 2.66. The number of nitro benzene ring substituents is 1. The van der Waals surface area contributed by atoms with Crippen LogP contribution < -0.4 is 10.6 Å². The molecule has 2 rings (SSSR count). The molecule has 2 aromatic rings. The first kappa shape index (κ1) is 21.7. The number of esters is 1. The highest BCUT2D eigenvalue weighted by Crippen LogP contribution is 2.35. The number of hydrogen-bond acceptors (Lipinski definition) is 6. The van der Waals surface area contributed by atoms with Gasteiger partial charge in [0.05, 0.1) is 10.5 Å². The van der Waals surface area contributed by atoms with Crippen molar-refractivity contribution in [1.82, 2.24) is 0 Å². The van der Waals surface area contributed by atoms with E-state index in [1.54, 1.807) is 30.3 Å². The van der Waals surface area contributed by atoms with Crippen LogP contribution in [0.25, 0.3) is 0 Å². The van der Waals surface area contributed by atoms with Gasteiger partial charge in [-0.25, -0.2) is 4.79 Å². The Bertz CT molecular complexity index is 903. The molecule has 0 spiro atoms. The Morgan fingerprint density at radius 2 is 1.83 bits per heavy atom. The van der Waals surface area contributed by atoms with Crippen molar-refractivity contribution in [3.63, 3.8) is 0 Å².